The Morgan fingerprint density at radius 3 is 2.45 bits per heavy atom. The molecule has 0 bridgehead atoms. The van der Waals surface area contributed by atoms with Crippen LogP contribution in [0.1, 0.15) is 31.8 Å². The van der Waals surface area contributed by atoms with Crippen molar-refractivity contribution in [3.8, 4) is 11.1 Å². The second-order valence-electron chi connectivity index (χ2n) is 8.92. The predicted octanol–water partition coefficient (Wildman–Crippen LogP) is 4.92. The van der Waals surface area contributed by atoms with Crippen molar-refractivity contribution >= 4 is 33.7 Å². The first-order chi connectivity index (χ1) is 18.5. The molecule has 0 aliphatic carbocycles. The molecule has 0 saturated heterocycles. The lowest BCUT2D eigenvalue weighted by molar-refractivity contribution is 0.0696. The monoisotopic (exact) mass is 503 g/mol. The van der Waals surface area contributed by atoms with Gasteiger partial charge in [0.25, 0.3) is 5.91 Å². The molecule has 38 heavy (non-hydrogen) atoms. The van der Waals surface area contributed by atoms with Gasteiger partial charge in [-0.1, -0.05) is 58.9 Å². The maximum Gasteiger partial charge on any atom is 0.335 e. The fourth-order valence-electron chi connectivity index (χ4n) is 4.46. The molecule has 0 atom stereocenters. The Morgan fingerprint density at radius 2 is 1.68 bits per heavy atom. The molecule has 9 heteroatoms. The quantitative estimate of drug-likeness (QED) is 0.317. The predicted molar refractivity (Wildman–Crippen MR) is 141 cm³/mol. The van der Waals surface area contributed by atoms with E-state index in [0.717, 1.165) is 27.5 Å². The molecule has 9 nitrogen and oxygen atoms in total. The molecule has 0 radical (unpaired) electrons. The van der Waals surface area contributed by atoms with Crippen LogP contribution in [0.3, 0.4) is 0 Å². The van der Waals surface area contributed by atoms with Crippen molar-refractivity contribution in [3.05, 3.63) is 114 Å². The van der Waals surface area contributed by atoms with Crippen LogP contribution in [0.2, 0.25) is 0 Å². The molecule has 0 aliphatic rings. The van der Waals surface area contributed by atoms with Gasteiger partial charge in [0.1, 0.15) is 17.3 Å². The van der Waals surface area contributed by atoms with E-state index >= 15 is 0 Å². The summed E-state index contributed by atoms with van der Waals surface area (Å²) in [7, 11) is 0. The van der Waals surface area contributed by atoms with Crippen LogP contribution >= 0.6 is 0 Å². The van der Waals surface area contributed by atoms with E-state index in [4.69, 9.17) is 9.63 Å². The molecule has 2 N–H and O–H groups in total. The average Bonchev–Trinajstić information content (AvgIpc) is 3.62. The number of carbonyl (C=O) groups is 2. The van der Waals surface area contributed by atoms with Crippen molar-refractivity contribution in [1.82, 2.24) is 25.5 Å². The Bertz CT molecular complexity index is 1790. The van der Waals surface area contributed by atoms with E-state index in [9.17, 15) is 9.59 Å². The molecular weight excluding hydrogens is 482 g/mol. The first-order valence-electron chi connectivity index (χ1n) is 11.9. The van der Waals surface area contributed by atoms with E-state index < -0.39 is 5.97 Å². The van der Waals surface area contributed by atoms with Gasteiger partial charge in [0.15, 0.2) is 0 Å². The van der Waals surface area contributed by atoms with Gasteiger partial charge in [0.05, 0.1) is 23.9 Å². The number of benzene rings is 4. The minimum atomic E-state index is -0.999. The Balaban J connectivity index is 1.35. The third-order valence-electron chi connectivity index (χ3n) is 6.42. The molecule has 0 saturated carbocycles. The topological polar surface area (TPSA) is 123 Å². The number of carbonyl (C=O) groups excluding carboxylic acids is 1. The lowest BCUT2D eigenvalue weighted by atomic mass is 10.0. The van der Waals surface area contributed by atoms with Gasteiger partial charge in [-0.25, -0.2) is 9.48 Å². The van der Waals surface area contributed by atoms with Crippen LogP contribution < -0.4 is 5.32 Å². The Morgan fingerprint density at radius 1 is 0.895 bits per heavy atom. The summed E-state index contributed by atoms with van der Waals surface area (Å²) in [6.45, 7) is 0.662. The van der Waals surface area contributed by atoms with E-state index in [0.29, 0.717) is 28.7 Å². The van der Waals surface area contributed by atoms with Crippen molar-refractivity contribution in [2.75, 3.05) is 0 Å². The van der Waals surface area contributed by atoms with Crippen LogP contribution in [0, 0.1) is 0 Å². The average molecular weight is 504 g/mol. The zero-order valence-electron chi connectivity index (χ0n) is 20.0. The van der Waals surface area contributed by atoms with Gasteiger partial charge in [-0.05, 0) is 57.8 Å². The summed E-state index contributed by atoms with van der Waals surface area (Å²) in [6, 6.07) is 24.4. The number of carboxylic acid groups (broad SMARTS) is 1. The molecule has 0 unspecified atom stereocenters. The van der Waals surface area contributed by atoms with E-state index in [1.54, 1.807) is 29.1 Å². The number of carboxylic acids is 1. The van der Waals surface area contributed by atoms with Crippen LogP contribution in [-0.2, 0) is 13.1 Å². The number of fused-ring (bicyclic) bond motifs is 2. The zero-order valence-corrected chi connectivity index (χ0v) is 20.0. The van der Waals surface area contributed by atoms with Gasteiger partial charge < -0.3 is 14.9 Å². The number of nitrogens with one attached hydrogen (secondary N) is 1. The summed E-state index contributed by atoms with van der Waals surface area (Å²) in [5, 5.41) is 26.8. The lowest BCUT2D eigenvalue weighted by Gasteiger charge is -2.11. The number of hydrogen-bond acceptors (Lipinski definition) is 6. The first kappa shape index (κ1) is 23.1. The zero-order chi connectivity index (χ0) is 26.1. The van der Waals surface area contributed by atoms with Crippen LogP contribution in [-0.4, -0.2) is 37.1 Å². The summed E-state index contributed by atoms with van der Waals surface area (Å²) >= 11 is 0. The fourth-order valence-corrected chi connectivity index (χ4v) is 4.46. The van der Waals surface area contributed by atoms with Crippen LogP contribution in [0.25, 0.3) is 32.9 Å². The Labute approximate surface area is 216 Å². The maximum atomic E-state index is 13.5. The Hall–Kier alpha value is -5.31. The maximum absolute atomic E-state index is 13.5. The second-order valence-corrected chi connectivity index (χ2v) is 8.92. The molecule has 6 rings (SSSR count). The van der Waals surface area contributed by atoms with Crippen LogP contribution in [0.4, 0.5) is 0 Å². The van der Waals surface area contributed by atoms with Crippen molar-refractivity contribution in [2.24, 2.45) is 0 Å². The number of amides is 1. The van der Waals surface area contributed by atoms with Crippen molar-refractivity contribution < 1.29 is 19.2 Å². The molecule has 186 valence electrons. The summed E-state index contributed by atoms with van der Waals surface area (Å²) in [6.07, 6.45) is 3.08. The summed E-state index contributed by atoms with van der Waals surface area (Å²) in [5.74, 6) is -1.31. The fraction of sp³-hybridized carbons (Fsp3) is 0.0690. The van der Waals surface area contributed by atoms with E-state index in [1.807, 2.05) is 24.3 Å². The van der Waals surface area contributed by atoms with Gasteiger partial charge in [-0.2, -0.15) is 0 Å². The highest BCUT2D eigenvalue weighted by molar-refractivity contribution is 6.06. The van der Waals surface area contributed by atoms with Crippen molar-refractivity contribution in [1.29, 1.82) is 0 Å². The highest BCUT2D eigenvalue weighted by Gasteiger charge is 2.19. The summed E-state index contributed by atoms with van der Waals surface area (Å²) in [4.78, 5) is 24.6. The van der Waals surface area contributed by atoms with Gasteiger partial charge in [-0.15, -0.1) is 5.10 Å². The van der Waals surface area contributed by atoms with Gasteiger partial charge >= 0.3 is 5.97 Å². The molecule has 6 aromatic rings. The smallest absolute Gasteiger partial charge is 0.335 e. The number of nitrogens with zero attached hydrogens (tertiary/aromatic N) is 4. The van der Waals surface area contributed by atoms with Crippen molar-refractivity contribution in [2.45, 2.75) is 13.1 Å². The highest BCUT2D eigenvalue weighted by atomic mass is 16.5. The van der Waals surface area contributed by atoms with Gasteiger partial charge in [0, 0.05) is 12.1 Å². The molecule has 1 amide bonds. The van der Waals surface area contributed by atoms with Crippen LogP contribution in [0.5, 0.6) is 0 Å². The SMILES string of the molecule is O=C(O)c1ccc(CNC(=O)c2cc(-c3cnoc3)cc3nnn(Cc4ccc5ccccc5c4)c23)cc1. The normalized spacial score (nSPS) is 11.2. The molecule has 2 aromatic heterocycles. The number of aromatic nitrogens is 4. The minimum Gasteiger partial charge on any atom is -0.478 e. The molecule has 0 aliphatic heterocycles. The van der Waals surface area contributed by atoms with Crippen molar-refractivity contribution in [3.63, 3.8) is 0 Å². The van der Waals surface area contributed by atoms with Gasteiger partial charge in [-0.3, -0.25) is 4.79 Å². The standard InChI is InChI=1S/C29H21N5O4/c35-28(30-14-18-5-9-21(10-6-18)29(36)37)25-12-23(24-15-31-38-17-24)13-26-27(25)34(33-32-26)16-19-7-8-20-3-1-2-4-22(20)11-19/h1-13,15,17H,14,16H2,(H,30,35)(H,36,37). The van der Waals surface area contributed by atoms with Crippen LogP contribution in [0.15, 0.2) is 95.8 Å². The number of aromatic carboxylic acids is 1. The van der Waals surface area contributed by atoms with E-state index in [-0.39, 0.29) is 18.0 Å². The summed E-state index contributed by atoms with van der Waals surface area (Å²) in [5.41, 5.74) is 5.03. The number of hydrogen-bond donors (Lipinski definition) is 2. The van der Waals surface area contributed by atoms with E-state index in [2.05, 4.69) is 45.1 Å². The minimum absolute atomic E-state index is 0.187. The third-order valence-corrected chi connectivity index (χ3v) is 6.42. The molecule has 0 fully saturated rings. The summed E-state index contributed by atoms with van der Waals surface area (Å²) < 4.78 is 6.73. The molecule has 4 aromatic carbocycles. The van der Waals surface area contributed by atoms with Gasteiger partial charge in [0.2, 0.25) is 0 Å². The Kier molecular flexibility index (Phi) is 5.85. The number of rotatable bonds is 7. The lowest BCUT2D eigenvalue weighted by Crippen LogP contribution is -2.24. The van der Waals surface area contributed by atoms with E-state index in [1.165, 1.54) is 18.4 Å². The first-order valence-corrected chi connectivity index (χ1v) is 11.9. The second kappa shape index (κ2) is 9.62. The highest BCUT2D eigenvalue weighted by Crippen LogP contribution is 2.28. The largest absolute Gasteiger partial charge is 0.478 e. The third kappa shape index (κ3) is 4.48. The molecule has 2 heterocycles. The molecule has 0 spiro atoms. The molecular formula is C29H21N5O4.